The van der Waals surface area contributed by atoms with Crippen molar-refractivity contribution >= 4 is 29.9 Å². The summed E-state index contributed by atoms with van der Waals surface area (Å²) in [5.41, 5.74) is 1.15. The number of benzene rings is 1. The maximum atomic E-state index is 5.67. The summed E-state index contributed by atoms with van der Waals surface area (Å²) in [6.45, 7) is 3.28. The van der Waals surface area contributed by atoms with Gasteiger partial charge in [0.05, 0.1) is 20.3 Å². The van der Waals surface area contributed by atoms with Crippen molar-refractivity contribution in [1.82, 2.24) is 15.5 Å². The third kappa shape index (κ3) is 8.96. The van der Waals surface area contributed by atoms with Crippen molar-refractivity contribution in [3.05, 3.63) is 23.8 Å². The molecule has 0 radical (unpaired) electrons. The summed E-state index contributed by atoms with van der Waals surface area (Å²) in [6.07, 6.45) is 3.64. The highest BCUT2D eigenvalue weighted by molar-refractivity contribution is 14.0. The molecule has 0 bridgehead atoms. The van der Waals surface area contributed by atoms with Gasteiger partial charge in [-0.15, -0.1) is 24.0 Å². The van der Waals surface area contributed by atoms with Crippen LogP contribution in [0.1, 0.15) is 30.9 Å². The van der Waals surface area contributed by atoms with E-state index in [1.165, 1.54) is 12.8 Å². The molecule has 0 heterocycles. The highest BCUT2D eigenvalue weighted by atomic mass is 127. The summed E-state index contributed by atoms with van der Waals surface area (Å²) in [4.78, 5) is 6.49. The Hall–Kier alpha value is -1.26. The van der Waals surface area contributed by atoms with Crippen LogP contribution in [-0.2, 0) is 4.74 Å². The topological polar surface area (TPSA) is 67.4 Å². The Bertz CT molecular complexity index is 624. The first-order chi connectivity index (χ1) is 13.6. The minimum Gasteiger partial charge on any atom is -0.493 e. The summed E-state index contributed by atoms with van der Waals surface area (Å²) in [5, 5.41) is 6.77. The third-order valence-corrected chi connectivity index (χ3v) is 4.91. The average molecular weight is 520 g/mol. The van der Waals surface area contributed by atoms with Crippen LogP contribution in [0.15, 0.2) is 23.2 Å². The van der Waals surface area contributed by atoms with Gasteiger partial charge in [0.2, 0.25) is 0 Å². The molecule has 166 valence electrons. The first-order valence-electron chi connectivity index (χ1n) is 9.99. The number of aliphatic imine (C=N–C) groups is 1. The van der Waals surface area contributed by atoms with Gasteiger partial charge in [-0.3, -0.25) is 4.99 Å². The third-order valence-electron chi connectivity index (χ3n) is 4.91. The monoisotopic (exact) mass is 520 g/mol. The number of guanidine groups is 1. The molecule has 2 rings (SSSR count). The normalized spacial score (nSPS) is 14.9. The molecule has 0 aromatic heterocycles. The number of methoxy groups -OCH3 is 2. The number of nitrogens with zero attached hydrogens (tertiary/aromatic N) is 2. The SMILES string of the molecule is CN=C(NCCCOCC1CC1)NCC(c1ccc(OC)c(OC)c1)N(C)C.I. The average Bonchev–Trinajstić information content (AvgIpc) is 3.53. The minimum absolute atomic E-state index is 0. The predicted octanol–water partition coefficient (Wildman–Crippen LogP) is 2.91. The summed E-state index contributed by atoms with van der Waals surface area (Å²) >= 11 is 0. The van der Waals surface area contributed by atoms with Crippen LogP contribution in [0.2, 0.25) is 0 Å². The number of nitrogens with one attached hydrogen (secondary N) is 2. The molecule has 7 nitrogen and oxygen atoms in total. The lowest BCUT2D eigenvalue weighted by atomic mass is 10.1. The minimum atomic E-state index is 0. The van der Waals surface area contributed by atoms with Gasteiger partial charge < -0.3 is 29.7 Å². The molecule has 0 saturated heterocycles. The van der Waals surface area contributed by atoms with E-state index in [0.717, 1.165) is 61.7 Å². The van der Waals surface area contributed by atoms with Crippen molar-refractivity contribution in [3.8, 4) is 11.5 Å². The molecular formula is C21H37IN4O3. The quantitative estimate of drug-likeness (QED) is 0.191. The van der Waals surface area contributed by atoms with Crippen molar-refractivity contribution in [2.75, 3.05) is 61.7 Å². The second-order valence-corrected chi connectivity index (χ2v) is 7.35. The van der Waals surface area contributed by atoms with E-state index in [1.54, 1.807) is 21.3 Å². The lowest BCUT2D eigenvalue weighted by Crippen LogP contribution is -2.42. The van der Waals surface area contributed by atoms with Gasteiger partial charge in [0, 0.05) is 33.4 Å². The molecule has 0 amide bonds. The highest BCUT2D eigenvalue weighted by Crippen LogP contribution is 2.31. The number of halogens is 1. The number of hydrogen-bond acceptors (Lipinski definition) is 5. The van der Waals surface area contributed by atoms with Crippen molar-refractivity contribution < 1.29 is 14.2 Å². The van der Waals surface area contributed by atoms with Crippen LogP contribution in [-0.4, -0.2) is 72.5 Å². The highest BCUT2D eigenvalue weighted by Gasteiger charge is 2.21. The zero-order chi connectivity index (χ0) is 20.4. The molecule has 0 aliphatic heterocycles. The molecule has 1 atom stereocenters. The van der Waals surface area contributed by atoms with E-state index < -0.39 is 0 Å². The number of hydrogen-bond donors (Lipinski definition) is 2. The van der Waals surface area contributed by atoms with Crippen LogP contribution in [0.4, 0.5) is 0 Å². The van der Waals surface area contributed by atoms with Gasteiger partial charge in [-0.1, -0.05) is 6.07 Å². The van der Waals surface area contributed by atoms with Gasteiger partial charge in [0.15, 0.2) is 17.5 Å². The molecule has 2 N–H and O–H groups in total. The van der Waals surface area contributed by atoms with E-state index in [0.29, 0.717) is 0 Å². The maximum absolute atomic E-state index is 5.67. The zero-order valence-corrected chi connectivity index (χ0v) is 20.7. The molecule has 0 spiro atoms. The molecule has 1 aliphatic carbocycles. The predicted molar refractivity (Wildman–Crippen MR) is 129 cm³/mol. The standard InChI is InChI=1S/C21H36N4O3.HI/c1-22-21(23-11-6-12-28-15-16-7-8-16)24-14-18(25(2)3)17-9-10-19(26-4)20(13-17)27-5;/h9-10,13,16,18H,6-8,11-12,14-15H2,1-5H3,(H2,22,23,24);1H. The Balaban J connectivity index is 0.00000420. The Kier molecular flexibility index (Phi) is 12.3. The van der Waals surface area contributed by atoms with Crippen LogP contribution in [0, 0.1) is 5.92 Å². The first-order valence-corrected chi connectivity index (χ1v) is 9.99. The van der Waals surface area contributed by atoms with Crippen LogP contribution >= 0.6 is 24.0 Å². The summed E-state index contributed by atoms with van der Waals surface area (Å²) < 4.78 is 16.5. The number of rotatable bonds is 12. The van der Waals surface area contributed by atoms with E-state index >= 15 is 0 Å². The second-order valence-electron chi connectivity index (χ2n) is 7.35. The number of likely N-dealkylation sites (N-methyl/N-ethyl adjacent to an activating group) is 1. The molecule has 1 aliphatic rings. The van der Waals surface area contributed by atoms with Crippen molar-refractivity contribution in [2.45, 2.75) is 25.3 Å². The Morgan fingerprint density at radius 1 is 1.17 bits per heavy atom. The summed E-state index contributed by atoms with van der Waals surface area (Å²) in [6, 6.07) is 6.21. The molecule has 1 fully saturated rings. The molecule has 1 saturated carbocycles. The Labute approximate surface area is 192 Å². The zero-order valence-electron chi connectivity index (χ0n) is 18.4. The Morgan fingerprint density at radius 3 is 2.48 bits per heavy atom. The molecule has 1 aromatic carbocycles. The van der Waals surface area contributed by atoms with E-state index in [9.17, 15) is 0 Å². The fourth-order valence-electron chi connectivity index (χ4n) is 2.99. The van der Waals surface area contributed by atoms with Crippen LogP contribution in [0.5, 0.6) is 11.5 Å². The summed E-state index contributed by atoms with van der Waals surface area (Å²) in [5.74, 6) is 3.09. The fourth-order valence-corrected chi connectivity index (χ4v) is 2.99. The van der Waals surface area contributed by atoms with Gasteiger partial charge in [-0.05, 0) is 57.0 Å². The van der Waals surface area contributed by atoms with E-state index in [-0.39, 0.29) is 30.0 Å². The first kappa shape index (κ1) is 25.8. The van der Waals surface area contributed by atoms with E-state index in [1.807, 2.05) is 12.1 Å². The maximum Gasteiger partial charge on any atom is 0.191 e. The largest absolute Gasteiger partial charge is 0.493 e. The lowest BCUT2D eigenvalue weighted by molar-refractivity contribution is 0.123. The van der Waals surface area contributed by atoms with Crippen LogP contribution < -0.4 is 20.1 Å². The van der Waals surface area contributed by atoms with Crippen LogP contribution in [0.25, 0.3) is 0 Å². The van der Waals surface area contributed by atoms with Crippen molar-refractivity contribution in [1.29, 1.82) is 0 Å². The molecule has 8 heteroatoms. The van der Waals surface area contributed by atoms with Crippen molar-refractivity contribution in [3.63, 3.8) is 0 Å². The molecule has 1 aromatic rings. The van der Waals surface area contributed by atoms with Crippen molar-refractivity contribution in [2.24, 2.45) is 10.9 Å². The smallest absolute Gasteiger partial charge is 0.191 e. The molecule has 1 unspecified atom stereocenters. The van der Waals surface area contributed by atoms with Gasteiger partial charge in [-0.2, -0.15) is 0 Å². The fraction of sp³-hybridized carbons (Fsp3) is 0.667. The van der Waals surface area contributed by atoms with Gasteiger partial charge >= 0.3 is 0 Å². The van der Waals surface area contributed by atoms with E-state index in [2.05, 4.69) is 40.7 Å². The lowest BCUT2D eigenvalue weighted by Gasteiger charge is -2.26. The second kappa shape index (κ2) is 13.9. The van der Waals surface area contributed by atoms with Gasteiger partial charge in [-0.25, -0.2) is 0 Å². The summed E-state index contributed by atoms with van der Waals surface area (Å²) in [7, 11) is 9.23. The molecular weight excluding hydrogens is 483 g/mol. The number of ether oxygens (including phenoxy) is 3. The van der Waals surface area contributed by atoms with Crippen LogP contribution in [0.3, 0.4) is 0 Å². The van der Waals surface area contributed by atoms with Gasteiger partial charge in [0.25, 0.3) is 0 Å². The van der Waals surface area contributed by atoms with E-state index in [4.69, 9.17) is 14.2 Å². The molecule has 29 heavy (non-hydrogen) atoms. The Morgan fingerprint density at radius 2 is 1.90 bits per heavy atom. The van der Waals surface area contributed by atoms with Gasteiger partial charge in [0.1, 0.15) is 0 Å².